The molecule has 162 valence electrons. The molecule has 1 fully saturated rings. The van der Waals surface area contributed by atoms with Crippen LogP contribution in [0.5, 0.6) is 0 Å². The summed E-state index contributed by atoms with van der Waals surface area (Å²) in [5, 5.41) is 8.76. The lowest BCUT2D eigenvalue weighted by atomic mass is 10.0. The molecule has 3 aromatic rings. The van der Waals surface area contributed by atoms with E-state index < -0.39 is 5.91 Å². The molecule has 2 atom stereocenters. The lowest BCUT2D eigenvalue weighted by Gasteiger charge is -2.44. The zero-order valence-electron chi connectivity index (χ0n) is 18.0. The molecule has 2 aromatic carbocycles. The monoisotopic (exact) mass is 419 g/mol. The van der Waals surface area contributed by atoms with Gasteiger partial charge in [0.1, 0.15) is 5.76 Å². The number of hydrogen-bond acceptors (Lipinski definition) is 5. The van der Waals surface area contributed by atoms with Gasteiger partial charge in [0, 0.05) is 49.4 Å². The summed E-state index contributed by atoms with van der Waals surface area (Å²) in [6.45, 7) is 8.25. The predicted molar refractivity (Wildman–Crippen MR) is 120 cm³/mol. The van der Waals surface area contributed by atoms with Crippen LogP contribution in [0.15, 0.2) is 71.3 Å². The van der Waals surface area contributed by atoms with Crippen molar-refractivity contribution in [3.05, 3.63) is 83.6 Å². The highest BCUT2D eigenvalue weighted by molar-refractivity contribution is 5.93. The maximum atomic E-state index is 11.5. The summed E-state index contributed by atoms with van der Waals surface area (Å²) in [6.07, 6.45) is 1.72. The Kier molecular flexibility index (Phi) is 6.51. The number of rotatable bonds is 6. The SMILES string of the molecule is CC1CN(Cc2ccc(C(=O)NO)cc2)CC(C)N1Cc1ccccc1-c1ccco1. The van der Waals surface area contributed by atoms with Crippen LogP contribution in [0.2, 0.25) is 0 Å². The molecule has 1 aromatic heterocycles. The fourth-order valence-electron chi connectivity index (χ4n) is 4.52. The Hall–Kier alpha value is -2.93. The Morgan fingerprint density at radius 3 is 2.35 bits per heavy atom. The number of carbonyl (C=O) groups is 1. The summed E-state index contributed by atoms with van der Waals surface area (Å²) < 4.78 is 5.65. The van der Waals surface area contributed by atoms with Crippen LogP contribution in [0.25, 0.3) is 11.3 Å². The Balaban J connectivity index is 1.42. The molecule has 0 radical (unpaired) electrons. The van der Waals surface area contributed by atoms with Crippen LogP contribution < -0.4 is 5.48 Å². The number of carbonyl (C=O) groups excluding carboxylic acids is 1. The van der Waals surface area contributed by atoms with Crippen LogP contribution in [0, 0.1) is 0 Å². The van der Waals surface area contributed by atoms with Crippen molar-refractivity contribution in [3.63, 3.8) is 0 Å². The number of furan rings is 1. The van der Waals surface area contributed by atoms with E-state index in [1.54, 1.807) is 23.9 Å². The van der Waals surface area contributed by atoms with Crippen LogP contribution >= 0.6 is 0 Å². The molecule has 0 aliphatic carbocycles. The van der Waals surface area contributed by atoms with E-state index >= 15 is 0 Å². The highest BCUT2D eigenvalue weighted by atomic mass is 16.5. The number of nitrogens with zero attached hydrogens (tertiary/aromatic N) is 2. The molecule has 0 bridgehead atoms. The smallest absolute Gasteiger partial charge is 0.274 e. The second-order valence-corrected chi connectivity index (χ2v) is 8.34. The summed E-state index contributed by atoms with van der Waals surface area (Å²) in [4.78, 5) is 16.5. The standard InChI is InChI=1S/C25H29N3O3/c1-18-14-27(16-20-9-11-21(12-10-20)25(29)26-30)15-19(2)28(18)17-22-6-3-4-7-23(22)24-8-5-13-31-24/h3-13,18-19,30H,14-17H2,1-2H3,(H,26,29). The first-order valence-corrected chi connectivity index (χ1v) is 10.7. The Labute approximate surface area is 183 Å². The van der Waals surface area contributed by atoms with E-state index in [2.05, 4.69) is 47.9 Å². The molecule has 0 saturated carbocycles. The summed E-state index contributed by atoms with van der Waals surface area (Å²) in [6, 6.07) is 20.6. The van der Waals surface area contributed by atoms with Crippen molar-refractivity contribution < 1.29 is 14.4 Å². The second kappa shape index (κ2) is 9.47. The Bertz CT molecular complexity index is 989. The highest BCUT2D eigenvalue weighted by Crippen LogP contribution is 2.28. The second-order valence-electron chi connectivity index (χ2n) is 8.34. The molecule has 2 heterocycles. The molecule has 6 heteroatoms. The topological polar surface area (TPSA) is 69.0 Å². The van der Waals surface area contributed by atoms with Gasteiger partial charge in [-0.15, -0.1) is 0 Å². The van der Waals surface area contributed by atoms with Gasteiger partial charge in [0.25, 0.3) is 5.91 Å². The molecule has 6 nitrogen and oxygen atoms in total. The van der Waals surface area contributed by atoms with Gasteiger partial charge in [-0.3, -0.25) is 19.8 Å². The molecule has 1 amide bonds. The lowest BCUT2D eigenvalue weighted by molar-refractivity contribution is 0.0291. The predicted octanol–water partition coefficient (Wildman–Crippen LogP) is 4.16. The van der Waals surface area contributed by atoms with E-state index in [9.17, 15) is 4.79 Å². The Morgan fingerprint density at radius 2 is 1.71 bits per heavy atom. The minimum absolute atomic E-state index is 0.410. The van der Waals surface area contributed by atoms with Gasteiger partial charge >= 0.3 is 0 Å². The lowest BCUT2D eigenvalue weighted by Crippen LogP contribution is -2.55. The minimum Gasteiger partial charge on any atom is -0.464 e. The largest absolute Gasteiger partial charge is 0.464 e. The normalized spacial score (nSPS) is 20.0. The highest BCUT2D eigenvalue weighted by Gasteiger charge is 2.30. The van der Waals surface area contributed by atoms with E-state index in [1.165, 1.54) is 5.56 Å². The van der Waals surface area contributed by atoms with Crippen LogP contribution in [0.4, 0.5) is 0 Å². The molecule has 1 aliphatic rings. The number of benzene rings is 2. The van der Waals surface area contributed by atoms with Gasteiger partial charge in [-0.05, 0) is 49.2 Å². The zero-order chi connectivity index (χ0) is 21.8. The van der Waals surface area contributed by atoms with Gasteiger partial charge in [-0.1, -0.05) is 36.4 Å². The first kappa shape index (κ1) is 21.3. The van der Waals surface area contributed by atoms with Crippen molar-refractivity contribution in [2.45, 2.75) is 39.0 Å². The van der Waals surface area contributed by atoms with Gasteiger partial charge in [0.2, 0.25) is 0 Å². The third kappa shape index (κ3) is 4.88. The molecule has 2 N–H and O–H groups in total. The third-order valence-corrected chi connectivity index (χ3v) is 6.06. The molecular formula is C25H29N3O3. The van der Waals surface area contributed by atoms with Crippen LogP contribution in [0.1, 0.15) is 35.3 Å². The molecule has 0 spiro atoms. The molecule has 1 aliphatic heterocycles. The van der Waals surface area contributed by atoms with Crippen LogP contribution in [0.3, 0.4) is 0 Å². The van der Waals surface area contributed by atoms with Crippen molar-refractivity contribution in [2.75, 3.05) is 13.1 Å². The molecule has 4 rings (SSSR count). The maximum absolute atomic E-state index is 11.5. The van der Waals surface area contributed by atoms with E-state index in [0.717, 1.165) is 43.1 Å². The first-order valence-electron chi connectivity index (χ1n) is 10.7. The Morgan fingerprint density at radius 1 is 1.00 bits per heavy atom. The van der Waals surface area contributed by atoms with Crippen molar-refractivity contribution >= 4 is 5.91 Å². The number of piperazine rings is 1. The average molecular weight is 420 g/mol. The molecular weight excluding hydrogens is 390 g/mol. The fraction of sp³-hybridized carbons (Fsp3) is 0.320. The van der Waals surface area contributed by atoms with E-state index in [4.69, 9.17) is 9.62 Å². The van der Waals surface area contributed by atoms with Crippen molar-refractivity contribution in [1.82, 2.24) is 15.3 Å². The summed E-state index contributed by atoms with van der Waals surface area (Å²) >= 11 is 0. The number of hydroxylamine groups is 1. The summed E-state index contributed by atoms with van der Waals surface area (Å²) in [5.74, 6) is 0.421. The minimum atomic E-state index is -0.489. The van der Waals surface area contributed by atoms with Crippen molar-refractivity contribution in [1.29, 1.82) is 0 Å². The average Bonchev–Trinajstić information content (AvgIpc) is 3.31. The molecule has 2 unspecified atom stereocenters. The van der Waals surface area contributed by atoms with Crippen molar-refractivity contribution in [3.8, 4) is 11.3 Å². The molecule has 31 heavy (non-hydrogen) atoms. The van der Waals surface area contributed by atoms with E-state index in [0.29, 0.717) is 17.6 Å². The number of hydrogen-bond donors (Lipinski definition) is 2. The fourth-order valence-corrected chi connectivity index (χ4v) is 4.52. The van der Waals surface area contributed by atoms with E-state index in [1.807, 2.05) is 24.3 Å². The van der Waals surface area contributed by atoms with Gasteiger partial charge in [0.15, 0.2) is 0 Å². The summed E-state index contributed by atoms with van der Waals surface area (Å²) in [7, 11) is 0. The van der Waals surface area contributed by atoms with Gasteiger partial charge < -0.3 is 4.42 Å². The zero-order valence-corrected chi connectivity index (χ0v) is 18.0. The van der Waals surface area contributed by atoms with Gasteiger partial charge in [-0.25, -0.2) is 5.48 Å². The summed E-state index contributed by atoms with van der Waals surface area (Å²) in [5.41, 5.74) is 5.71. The van der Waals surface area contributed by atoms with Crippen LogP contribution in [-0.4, -0.2) is 46.1 Å². The number of amides is 1. The van der Waals surface area contributed by atoms with E-state index in [-0.39, 0.29) is 0 Å². The first-order chi connectivity index (χ1) is 15.0. The van der Waals surface area contributed by atoms with Gasteiger partial charge in [-0.2, -0.15) is 0 Å². The quantitative estimate of drug-likeness (QED) is 0.464. The maximum Gasteiger partial charge on any atom is 0.274 e. The van der Waals surface area contributed by atoms with Crippen molar-refractivity contribution in [2.24, 2.45) is 0 Å². The third-order valence-electron chi connectivity index (χ3n) is 6.06. The molecule has 1 saturated heterocycles. The van der Waals surface area contributed by atoms with Gasteiger partial charge in [0.05, 0.1) is 6.26 Å². The van der Waals surface area contributed by atoms with Crippen LogP contribution in [-0.2, 0) is 13.1 Å². The number of nitrogens with one attached hydrogen (secondary N) is 1.